The highest BCUT2D eigenvalue weighted by molar-refractivity contribution is 7.89. The van der Waals surface area contributed by atoms with Crippen molar-refractivity contribution in [2.24, 2.45) is 0 Å². The molecule has 0 aromatic carbocycles. The van der Waals surface area contributed by atoms with Gasteiger partial charge in [-0.05, 0) is 19.8 Å². The molecule has 1 saturated heterocycles. The summed E-state index contributed by atoms with van der Waals surface area (Å²) in [6, 6.07) is 0. The normalized spacial score (nSPS) is 17.6. The molecule has 0 aromatic heterocycles. The van der Waals surface area contributed by atoms with Crippen LogP contribution >= 0.6 is 0 Å². The molecule has 1 heterocycles. The molecule has 9 heteroatoms. The van der Waals surface area contributed by atoms with Crippen LogP contribution < -0.4 is 0 Å². The Bertz CT molecular complexity index is 454. The van der Waals surface area contributed by atoms with E-state index in [1.54, 1.807) is 6.92 Å². The van der Waals surface area contributed by atoms with E-state index >= 15 is 0 Å². The van der Waals surface area contributed by atoms with E-state index in [1.807, 2.05) is 0 Å². The SMILES string of the molecule is CCOC(=O)CS(=O)(=O)N1CCC(OCCC(=O)O)CC1. The number of esters is 1. The average molecular weight is 323 g/mol. The highest BCUT2D eigenvalue weighted by Gasteiger charge is 2.30. The molecular weight excluding hydrogens is 302 g/mol. The van der Waals surface area contributed by atoms with Crippen molar-refractivity contribution in [3.8, 4) is 0 Å². The number of hydrogen-bond donors (Lipinski definition) is 1. The van der Waals surface area contributed by atoms with E-state index in [0.29, 0.717) is 12.8 Å². The van der Waals surface area contributed by atoms with Gasteiger partial charge >= 0.3 is 11.9 Å². The van der Waals surface area contributed by atoms with Gasteiger partial charge in [0.2, 0.25) is 10.0 Å². The number of aliphatic carboxylic acids is 1. The van der Waals surface area contributed by atoms with E-state index in [2.05, 4.69) is 4.74 Å². The highest BCUT2D eigenvalue weighted by atomic mass is 32.2. The number of carboxylic acids is 1. The number of ether oxygens (including phenoxy) is 2. The number of hydrogen-bond acceptors (Lipinski definition) is 6. The van der Waals surface area contributed by atoms with Crippen LogP contribution in [0.2, 0.25) is 0 Å². The van der Waals surface area contributed by atoms with Crippen molar-refractivity contribution in [3.05, 3.63) is 0 Å². The van der Waals surface area contributed by atoms with Gasteiger partial charge < -0.3 is 14.6 Å². The van der Waals surface area contributed by atoms with Crippen LogP contribution in [0, 0.1) is 0 Å². The van der Waals surface area contributed by atoms with Crippen molar-refractivity contribution in [2.45, 2.75) is 32.3 Å². The van der Waals surface area contributed by atoms with E-state index in [1.165, 1.54) is 4.31 Å². The Labute approximate surface area is 124 Å². The van der Waals surface area contributed by atoms with E-state index in [-0.39, 0.29) is 38.8 Å². The number of rotatable bonds is 8. The third-order valence-electron chi connectivity index (χ3n) is 3.07. The molecule has 122 valence electrons. The van der Waals surface area contributed by atoms with Crippen LogP contribution in [-0.4, -0.2) is 67.9 Å². The topological polar surface area (TPSA) is 110 Å². The summed E-state index contributed by atoms with van der Waals surface area (Å²) in [5.41, 5.74) is 0. The minimum Gasteiger partial charge on any atom is -0.481 e. The van der Waals surface area contributed by atoms with Crippen molar-refractivity contribution < 1.29 is 32.6 Å². The molecule has 0 spiro atoms. The van der Waals surface area contributed by atoms with Crippen LogP contribution in [0.25, 0.3) is 0 Å². The van der Waals surface area contributed by atoms with Gasteiger partial charge in [0.15, 0.2) is 5.75 Å². The highest BCUT2D eigenvalue weighted by Crippen LogP contribution is 2.17. The zero-order valence-electron chi connectivity index (χ0n) is 12.0. The second kappa shape index (κ2) is 8.30. The molecular formula is C12H21NO7S. The Hall–Kier alpha value is -1.19. The molecule has 21 heavy (non-hydrogen) atoms. The summed E-state index contributed by atoms with van der Waals surface area (Å²) < 4.78 is 35.2. The van der Waals surface area contributed by atoms with Crippen molar-refractivity contribution in [1.29, 1.82) is 0 Å². The number of carbonyl (C=O) groups is 2. The first-order valence-electron chi connectivity index (χ1n) is 6.82. The maximum atomic E-state index is 12.0. The lowest BCUT2D eigenvalue weighted by Crippen LogP contribution is -2.43. The lowest BCUT2D eigenvalue weighted by molar-refractivity contribution is -0.140. The molecule has 1 N–H and O–H groups in total. The van der Waals surface area contributed by atoms with E-state index in [0.717, 1.165) is 0 Å². The Morgan fingerprint density at radius 3 is 2.43 bits per heavy atom. The number of nitrogens with zero attached hydrogens (tertiary/aromatic N) is 1. The van der Waals surface area contributed by atoms with Crippen LogP contribution in [0.15, 0.2) is 0 Å². The first-order chi connectivity index (χ1) is 9.85. The molecule has 0 bridgehead atoms. The van der Waals surface area contributed by atoms with Gasteiger partial charge in [-0.15, -0.1) is 0 Å². The molecule has 0 radical (unpaired) electrons. The maximum absolute atomic E-state index is 12.0. The molecule has 1 fully saturated rings. The number of piperidine rings is 1. The predicted molar refractivity (Wildman–Crippen MR) is 73.2 cm³/mol. The largest absolute Gasteiger partial charge is 0.481 e. The fourth-order valence-corrected chi connectivity index (χ4v) is 3.36. The zero-order valence-corrected chi connectivity index (χ0v) is 12.8. The molecule has 8 nitrogen and oxygen atoms in total. The van der Waals surface area contributed by atoms with Crippen LogP contribution in [0.4, 0.5) is 0 Å². The third-order valence-corrected chi connectivity index (χ3v) is 4.82. The molecule has 1 aliphatic heterocycles. The Morgan fingerprint density at radius 1 is 1.29 bits per heavy atom. The van der Waals surface area contributed by atoms with Crippen LogP contribution in [0.1, 0.15) is 26.2 Å². The second-order valence-electron chi connectivity index (χ2n) is 4.67. The lowest BCUT2D eigenvalue weighted by Gasteiger charge is -2.30. The quantitative estimate of drug-likeness (QED) is 0.618. The molecule has 0 unspecified atom stereocenters. The summed E-state index contributed by atoms with van der Waals surface area (Å²) in [6.07, 6.45) is 0.767. The van der Waals surface area contributed by atoms with Crippen molar-refractivity contribution in [2.75, 3.05) is 32.1 Å². The maximum Gasteiger partial charge on any atom is 0.322 e. The summed E-state index contributed by atoms with van der Waals surface area (Å²) in [5, 5.41) is 8.51. The van der Waals surface area contributed by atoms with E-state index in [9.17, 15) is 18.0 Å². The van der Waals surface area contributed by atoms with Gasteiger partial charge in [-0.25, -0.2) is 12.7 Å². The Balaban J connectivity index is 2.37. The van der Waals surface area contributed by atoms with Gasteiger partial charge in [0.1, 0.15) is 0 Å². The van der Waals surface area contributed by atoms with Gasteiger partial charge in [0.25, 0.3) is 0 Å². The minimum absolute atomic E-state index is 0.0681. The first-order valence-corrected chi connectivity index (χ1v) is 8.43. The van der Waals surface area contributed by atoms with Gasteiger partial charge in [-0.1, -0.05) is 0 Å². The van der Waals surface area contributed by atoms with Crippen LogP contribution in [-0.2, 0) is 29.1 Å². The fourth-order valence-electron chi connectivity index (χ4n) is 2.03. The molecule has 0 atom stereocenters. The van der Waals surface area contributed by atoms with Gasteiger partial charge in [0.05, 0.1) is 25.7 Å². The summed E-state index contributed by atoms with van der Waals surface area (Å²) in [4.78, 5) is 21.6. The smallest absolute Gasteiger partial charge is 0.322 e. The molecule has 0 amide bonds. The summed E-state index contributed by atoms with van der Waals surface area (Å²) in [5.74, 6) is -2.33. The Morgan fingerprint density at radius 2 is 1.90 bits per heavy atom. The molecule has 1 rings (SSSR count). The third kappa shape index (κ3) is 6.40. The summed E-state index contributed by atoms with van der Waals surface area (Å²) in [7, 11) is -3.65. The monoisotopic (exact) mass is 323 g/mol. The fraction of sp³-hybridized carbons (Fsp3) is 0.833. The second-order valence-corrected chi connectivity index (χ2v) is 6.64. The molecule has 0 aliphatic carbocycles. The predicted octanol–water partition coefficient (Wildman–Crippen LogP) is -0.165. The van der Waals surface area contributed by atoms with Gasteiger partial charge in [-0.2, -0.15) is 0 Å². The van der Waals surface area contributed by atoms with Crippen molar-refractivity contribution in [3.63, 3.8) is 0 Å². The van der Waals surface area contributed by atoms with E-state index in [4.69, 9.17) is 9.84 Å². The van der Waals surface area contributed by atoms with Crippen molar-refractivity contribution in [1.82, 2.24) is 4.31 Å². The van der Waals surface area contributed by atoms with Gasteiger partial charge in [0, 0.05) is 13.1 Å². The molecule has 0 saturated carbocycles. The number of carbonyl (C=O) groups excluding carboxylic acids is 1. The first kappa shape index (κ1) is 17.9. The lowest BCUT2D eigenvalue weighted by atomic mass is 10.1. The minimum atomic E-state index is -3.65. The molecule has 1 aliphatic rings. The Kier molecular flexibility index (Phi) is 7.06. The zero-order chi connectivity index (χ0) is 15.9. The average Bonchev–Trinajstić information content (AvgIpc) is 2.38. The number of carboxylic acid groups (broad SMARTS) is 1. The summed E-state index contributed by atoms with van der Waals surface area (Å²) in [6.45, 7) is 2.41. The van der Waals surface area contributed by atoms with Crippen molar-refractivity contribution >= 4 is 22.0 Å². The summed E-state index contributed by atoms with van der Waals surface area (Å²) >= 11 is 0. The van der Waals surface area contributed by atoms with E-state index < -0.39 is 27.7 Å². The van der Waals surface area contributed by atoms with Crippen LogP contribution in [0.3, 0.4) is 0 Å². The molecule has 0 aromatic rings. The number of sulfonamides is 1. The van der Waals surface area contributed by atoms with Gasteiger partial charge in [-0.3, -0.25) is 9.59 Å². The van der Waals surface area contributed by atoms with Crippen LogP contribution in [0.5, 0.6) is 0 Å². The standard InChI is InChI=1S/C12H21NO7S/c1-2-19-12(16)9-21(17,18)13-6-3-10(4-7-13)20-8-5-11(14)15/h10H,2-9H2,1H3,(H,14,15).